The van der Waals surface area contributed by atoms with Crippen LogP contribution in [0.2, 0.25) is 0 Å². The number of carbonyl (C=O) groups excluding carboxylic acids is 1. The molecule has 1 aromatic rings. The summed E-state index contributed by atoms with van der Waals surface area (Å²) in [4.78, 5) is 24.3. The zero-order valence-electron chi connectivity index (χ0n) is 8.51. The predicted octanol–water partition coefficient (Wildman–Crippen LogP) is 0.805. The van der Waals surface area contributed by atoms with Gasteiger partial charge in [-0.05, 0) is 17.0 Å². The Kier molecular flexibility index (Phi) is 3.21. The minimum absolute atomic E-state index is 0.0891. The summed E-state index contributed by atoms with van der Waals surface area (Å²) in [5.41, 5.74) is 0.688. The van der Waals surface area contributed by atoms with Gasteiger partial charge < -0.3 is 14.7 Å². The second kappa shape index (κ2) is 4.63. The maximum Gasteiger partial charge on any atom is 0.346 e. The summed E-state index contributed by atoms with van der Waals surface area (Å²) in [7, 11) is 0. The van der Waals surface area contributed by atoms with Crippen LogP contribution in [0, 0.1) is 0 Å². The van der Waals surface area contributed by atoms with Crippen LogP contribution in [-0.2, 0) is 16.1 Å². The monoisotopic (exact) mass is 241 g/mol. The van der Waals surface area contributed by atoms with E-state index < -0.39 is 5.97 Å². The maximum absolute atomic E-state index is 11.5. The molecule has 0 saturated carbocycles. The van der Waals surface area contributed by atoms with Crippen molar-refractivity contribution in [1.82, 2.24) is 4.90 Å². The number of thiophene rings is 1. The fraction of sp³-hybridized carbons (Fsp3) is 0.400. The SMILES string of the molecule is O=C(O)c1sccc1CN1CCOCC1=O. The van der Waals surface area contributed by atoms with Crippen molar-refractivity contribution in [1.29, 1.82) is 0 Å². The van der Waals surface area contributed by atoms with Gasteiger partial charge in [0.2, 0.25) is 5.91 Å². The Morgan fingerprint density at radius 3 is 3.12 bits per heavy atom. The molecule has 0 radical (unpaired) electrons. The van der Waals surface area contributed by atoms with Crippen LogP contribution >= 0.6 is 11.3 Å². The van der Waals surface area contributed by atoms with E-state index in [2.05, 4.69) is 0 Å². The minimum atomic E-state index is -0.939. The van der Waals surface area contributed by atoms with Crippen LogP contribution in [0.3, 0.4) is 0 Å². The van der Waals surface area contributed by atoms with Crippen LogP contribution in [0.15, 0.2) is 11.4 Å². The van der Waals surface area contributed by atoms with E-state index in [-0.39, 0.29) is 12.5 Å². The Bertz CT molecular complexity index is 415. The van der Waals surface area contributed by atoms with Gasteiger partial charge in [-0.25, -0.2) is 4.79 Å². The van der Waals surface area contributed by atoms with Gasteiger partial charge >= 0.3 is 5.97 Å². The fourth-order valence-corrected chi connectivity index (χ4v) is 2.32. The van der Waals surface area contributed by atoms with Crippen LogP contribution in [-0.4, -0.2) is 41.6 Å². The van der Waals surface area contributed by atoms with Crippen LogP contribution in [0.5, 0.6) is 0 Å². The number of carboxylic acids is 1. The molecule has 1 aliphatic heterocycles. The van der Waals surface area contributed by atoms with E-state index >= 15 is 0 Å². The maximum atomic E-state index is 11.5. The number of aromatic carboxylic acids is 1. The number of carbonyl (C=O) groups is 2. The van der Waals surface area contributed by atoms with Crippen molar-refractivity contribution in [3.05, 3.63) is 21.9 Å². The molecule has 1 aliphatic rings. The highest BCUT2D eigenvalue weighted by Crippen LogP contribution is 2.19. The lowest BCUT2D eigenvalue weighted by molar-refractivity contribution is -0.143. The summed E-state index contributed by atoms with van der Waals surface area (Å²) in [5.74, 6) is -1.03. The predicted molar refractivity (Wildman–Crippen MR) is 57.5 cm³/mol. The van der Waals surface area contributed by atoms with Gasteiger partial charge in [0.15, 0.2) is 0 Å². The lowest BCUT2D eigenvalue weighted by Crippen LogP contribution is -2.41. The van der Waals surface area contributed by atoms with Gasteiger partial charge in [0.25, 0.3) is 0 Å². The van der Waals surface area contributed by atoms with Crippen molar-refractivity contribution in [3.8, 4) is 0 Å². The lowest BCUT2D eigenvalue weighted by Gasteiger charge is -2.26. The molecule has 1 N–H and O–H groups in total. The molecule has 1 fully saturated rings. The zero-order chi connectivity index (χ0) is 11.5. The topological polar surface area (TPSA) is 66.8 Å². The molecule has 1 amide bonds. The van der Waals surface area contributed by atoms with Gasteiger partial charge in [0.05, 0.1) is 6.61 Å². The lowest BCUT2D eigenvalue weighted by atomic mass is 10.2. The zero-order valence-corrected chi connectivity index (χ0v) is 9.33. The van der Waals surface area contributed by atoms with Crippen molar-refractivity contribution < 1.29 is 19.4 Å². The van der Waals surface area contributed by atoms with Crippen molar-refractivity contribution in [2.24, 2.45) is 0 Å². The number of nitrogens with zero attached hydrogens (tertiary/aromatic N) is 1. The van der Waals surface area contributed by atoms with Gasteiger partial charge in [-0.1, -0.05) is 0 Å². The molecule has 0 aliphatic carbocycles. The normalized spacial score (nSPS) is 16.5. The first-order valence-corrected chi connectivity index (χ1v) is 5.71. The van der Waals surface area contributed by atoms with Crippen molar-refractivity contribution in [2.75, 3.05) is 19.8 Å². The summed E-state index contributed by atoms with van der Waals surface area (Å²) in [6.07, 6.45) is 0. The molecular weight excluding hydrogens is 230 g/mol. The average Bonchev–Trinajstić information content (AvgIpc) is 2.69. The van der Waals surface area contributed by atoms with Crippen molar-refractivity contribution in [2.45, 2.75) is 6.54 Å². The first-order chi connectivity index (χ1) is 7.68. The quantitative estimate of drug-likeness (QED) is 0.850. The summed E-state index contributed by atoms with van der Waals surface area (Å²) < 4.78 is 5.00. The summed E-state index contributed by atoms with van der Waals surface area (Å²) >= 11 is 1.18. The van der Waals surface area contributed by atoms with Crippen molar-refractivity contribution >= 4 is 23.2 Å². The number of hydrogen-bond acceptors (Lipinski definition) is 4. The van der Waals surface area contributed by atoms with E-state index in [1.54, 1.807) is 16.3 Å². The third kappa shape index (κ3) is 2.23. The number of carboxylic acid groups (broad SMARTS) is 1. The molecule has 2 heterocycles. The highest BCUT2D eigenvalue weighted by molar-refractivity contribution is 7.12. The van der Waals surface area contributed by atoms with E-state index in [1.165, 1.54) is 11.3 Å². The highest BCUT2D eigenvalue weighted by atomic mass is 32.1. The van der Waals surface area contributed by atoms with Crippen LogP contribution in [0.1, 0.15) is 15.2 Å². The molecule has 1 aromatic heterocycles. The van der Waals surface area contributed by atoms with Gasteiger partial charge in [-0.15, -0.1) is 11.3 Å². The molecule has 0 bridgehead atoms. The molecule has 0 spiro atoms. The van der Waals surface area contributed by atoms with Gasteiger partial charge in [-0.3, -0.25) is 4.79 Å². The molecule has 0 unspecified atom stereocenters. The Morgan fingerprint density at radius 1 is 1.62 bits per heavy atom. The van der Waals surface area contributed by atoms with E-state index in [0.29, 0.717) is 30.1 Å². The van der Waals surface area contributed by atoms with Gasteiger partial charge in [0, 0.05) is 13.1 Å². The van der Waals surface area contributed by atoms with E-state index in [4.69, 9.17) is 9.84 Å². The molecule has 86 valence electrons. The molecule has 16 heavy (non-hydrogen) atoms. The second-order valence-corrected chi connectivity index (χ2v) is 4.36. The Labute approximate surface area is 96.2 Å². The van der Waals surface area contributed by atoms with Crippen LogP contribution in [0.25, 0.3) is 0 Å². The highest BCUT2D eigenvalue weighted by Gasteiger charge is 2.21. The van der Waals surface area contributed by atoms with E-state index in [9.17, 15) is 9.59 Å². The number of hydrogen-bond donors (Lipinski definition) is 1. The van der Waals surface area contributed by atoms with Crippen LogP contribution in [0.4, 0.5) is 0 Å². The Balaban J connectivity index is 2.10. The number of rotatable bonds is 3. The first-order valence-electron chi connectivity index (χ1n) is 4.83. The van der Waals surface area contributed by atoms with E-state index in [0.717, 1.165) is 0 Å². The van der Waals surface area contributed by atoms with Crippen molar-refractivity contribution in [3.63, 3.8) is 0 Å². The summed E-state index contributed by atoms with van der Waals surface area (Å²) in [6, 6.07) is 1.75. The average molecular weight is 241 g/mol. The Morgan fingerprint density at radius 2 is 2.44 bits per heavy atom. The molecule has 1 saturated heterocycles. The van der Waals surface area contributed by atoms with E-state index in [1.807, 2.05) is 0 Å². The first kappa shape index (κ1) is 11.1. The van der Waals surface area contributed by atoms with Gasteiger partial charge in [0.1, 0.15) is 11.5 Å². The molecule has 0 aromatic carbocycles. The summed E-state index contributed by atoms with van der Waals surface area (Å²) in [5, 5.41) is 10.7. The van der Waals surface area contributed by atoms with Crippen LogP contribution < -0.4 is 0 Å². The molecule has 6 heteroatoms. The number of ether oxygens (including phenoxy) is 1. The number of morpholine rings is 1. The Hall–Kier alpha value is -1.40. The third-order valence-electron chi connectivity index (χ3n) is 2.39. The largest absolute Gasteiger partial charge is 0.477 e. The fourth-order valence-electron chi connectivity index (χ4n) is 1.57. The third-order valence-corrected chi connectivity index (χ3v) is 3.33. The van der Waals surface area contributed by atoms with Gasteiger partial charge in [-0.2, -0.15) is 0 Å². The molecule has 0 atom stereocenters. The number of amides is 1. The molecule has 5 nitrogen and oxygen atoms in total. The smallest absolute Gasteiger partial charge is 0.346 e. The second-order valence-electron chi connectivity index (χ2n) is 3.45. The molecular formula is C10H11NO4S. The minimum Gasteiger partial charge on any atom is -0.477 e. The summed E-state index contributed by atoms with van der Waals surface area (Å²) in [6.45, 7) is 1.48. The standard InChI is InChI=1S/C10H11NO4S/c12-8-6-15-3-2-11(8)5-7-1-4-16-9(7)10(13)14/h1,4H,2-3,5-6H2,(H,13,14). The molecule has 2 rings (SSSR count).